The van der Waals surface area contributed by atoms with Gasteiger partial charge in [-0.3, -0.25) is 0 Å². The lowest BCUT2D eigenvalue weighted by Gasteiger charge is -2.23. The molecule has 0 aliphatic carbocycles. The van der Waals surface area contributed by atoms with Gasteiger partial charge in [-0.1, -0.05) is 12.1 Å². The highest BCUT2D eigenvalue weighted by atomic mass is 15.1. The summed E-state index contributed by atoms with van der Waals surface area (Å²) in [7, 11) is 2.18. The molecule has 1 unspecified atom stereocenters. The van der Waals surface area contributed by atoms with Crippen LogP contribution in [-0.4, -0.2) is 26.2 Å². The highest BCUT2D eigenvalue weighted by molar-refractivity contribution is 5.47. The Bertz CT molecular complexity index is 316. The molecule has 1 aliphatic rings. The number of hydrogen-bond donors (Lipinski definition) is 1. The molecule has 1 atom stereocenters. The Labute approximate surface area is 92.3 Å². The minimum atomic E-state index is 0.676. The zero-order valence-corrected chi connectivity index (χ0v) is 9.66. The van der Waals surface area contributed by atoms with Crippen LogP contribution in [-0.2, 0) is 0 Å². The maximum atomic E-state index is 3.53. The number of anilines is 1. The molecule has 15 heavy (non-hydrogen) atoms. The maximum Gasteiger partial charge on any atom is 0.0366 e. The van der Waals surface area contributed by atoms with Gasteiger partial charge in [0.25, 0.3) is 0 Å². The molecule has 82 valence electrons. The summed E-state index contributed by atoms with van der Waals surface area (Å²) in [5.74, 6) is 0. The molecule has 2 nitrogen and oxygen atoms in total. The molecule has 0 radical (unpaired) electrons. The summed E-state index contributed by atoms with van der Waals surface area (Å²) in [6, 6.07) is 9.38. The Morgan fingerprint density at radius 3 is 3.00 bits per heavy atom. The van der Waals surface area contributed by atoms with E-state index in [1.54, 1.807) is 0 Å². The summed E-state index contributed by atoms with van der Waals surface area (Å²) in [6.07, 6.45) is 2.64. The van der Waals surface area contributed by atoms with Crippen LogP contribution < -0.4 is 10.2 Å². The quantitative estimate of drug-likeness (QED) is 0.812. The average molecular weight is 204 g/mol. The Morgan fingerprint density at radius 1 is 1.47 bits per heavy atom. The van der Waals surface area contributed by atoms with E-state index in [-0.39, 0.29) is 0 Å². The van der Waals surface area contributed by atoms with E-state index in [1.807, 2.05) is 0 Å². The minimum absolute atomic E-state index is 0.676. The normalized spacial score (nSPS) is 20.5. The third-order valence-electron chi connectivity index (χ3n) is 3.10. The molecule has 2 heteroatoms. The number of likely N-dealkylation sites (N-methyl/N-ethyl adjacent to an activating group) is 1. The van der Waals surface area contributed by atoms with Crippen LogP contribution in [0.15, 0.2) is 24.3 Å². The molecule has 1 saturated heterocycles. The van der Waals surface area contributed by atoms with Crippen molar-refractivity contribution in [2.45, 2.75) is 25.8 Å². The van der Waals surface area contributed by atoms with Gasteiger partial charge in [-0.25, -0.2) is 0 Å². The molecule has 1 aromatic rings. The van der Waals surface area contributed by atoms with E-state index in [1.165, 1.54) is 30.6 Å². The van der Waals surface area contributed by atoms with Crippen molar-refractivity contribution in [3.05, 3.63) is 29.8 Å². The third kappa shape index (κ3) is 2.72. The second-order valence-electron chi connectivity index (χ2n) is 4.51. The average Bonchev–Trinajstić information content (AvgIpc) is 2.70. The summed E-state index contributed by atoms with van der Waals surface area (Å²) in [6.45, 7) is 4.45. The molecule has 1 heterocycles. The molecule has 2 rings (SSSR count). The van der Waals surface area contributed by atoms with Crippen LogP contribution in [0.1, 0.15) is 18.4 Å². The summed E-state index contributed by atoms with van der Waals surface area (Å²) in [4.78, 5) is 2.34. The van der Waals surface area contributed by atoms with Crippen LogP contribution in [0.4, 0.5) is 5.69 Å². The standard InChI is InChI=1S/C13H20N2/c1-11-5-3-7-13(9-11)15(2)10-12-6-4-8-14-12/h3,5,7,9,12,14H,4,6,8,10H2,1-2H3. The Balaban J connectivity index is 1.97. The van der Waals surface area contributed by atoms with Crippen LogP contribution in [0.2, 0.25) is 0 Å². The zero-order chi connectivity index (χ0) is 10.7. The molecule has 0 aromatic heterocycles. The summed E-state index contributed by atoms with van der Waals surface area (Å²) in [5, 5.41) is 3.53. The second kappa shape index (κ2) is 4.67. The first-order chi connectivity index (χ1) is 7.25. The van der Waals surface area contributed by atoms with Gasteiger partial charge in [0.15, 0.2) is 0 Å². The number of aryl methyl sites for hydroxylation is 1. The Kier molecular flexibility index (Phi) is 3.27. The van der Waals surface area contributed by atoms with Crippen molar-refractivity contribution in [3.63, 3.8) is 0 Å². The minimum Gasteiger partial charge on any atom is -0.373 e. The van der Waals surface area contributed by atoms with Crippen molar-refractivity contribution in [3.8, 4) is 0 Å². The van der Waals surface area contributed by atoms with E-state index in [0.717, 1.165) is 6.54 Å². The fourth-order valence-corrected chi connectivity index (χ4v) is 2.21. The molecule has 1 aliphatic heterocycles. The fourth-order valence-electron chi connectivity index (χ4n) is 2.21. The molecule has 0 bridgehead atoms. The van der Waals surface area contributed by atoms with Gasteiger partial charge in [-0.05, 0) is 44.0 Å². The molecule has 1 aromatic carbocycles. The predicted octanol–water partition coefficient (Wildman–Crippen LogP) is 2.18. The number of hydrogen-bond acceptors (Lipinski definition) is 2. The monoisotopic (exact) mass is 204 g/mol. The van der Waals surface area contributed by atoms with Gasteiger partial charge < -0.3 is 10.2 Å². The van der Waals surface area contributed by atoms with Gasteiger partial charge in [0.1, 0.15) is 0 Å². The van der Waals surface area contributed by atoms with Gasteiger partial charge in [0.05, 0.1) is 0 Å². The number of benzene rings is 1. The largest absolute Gasteiger partial charge is 0.373 e. The lowest BCUT2D eigenvalue weighted by molar-refractivity contribution is 0.600. The van der Waals surface area contributed by atoms with Gasteiger partial charge in [0, 0.05) is 25.3 Å². The van der Waals surface area contributed by atoms with Crippen LogP contribution in [0.25, 0.3) is 0 Å². The third-order valence-corrected chi connectivity index (χ3v) is 3.10. The van der Waals surface area contributed by atoms with Gasteiger partial charge in [-0.2, -0.15) is 0 Å². The summed E-state index contributed by atoms with van der Waals surface area (Å²) in [5.41, 5.74) is 2.66. The van der Waals surface area contributed by atoms with Crippen LogP contribution in [0.5, 0.6) is 0 Å². The van der Waals surface area contributed by atoms with Gasteiger partial charge in [0.2, 0.25) is 0 Å². The first-order valence-corrected chi connectivity index (χ1v) is 5.77. The highest BCUT2D eigenvalue weighted by Gasteiger charge is 2.15. The van der Waals surface area contributed by atoms with Crippen LogP contribution in [0.3, 0.4) is 0 Å². The number of rotatable bonds is 3. The van der Waals surface area contributed by atoms with Crippen molar-refractivity contribution < 1.29 is 0 Å². The SMILES string of the molecule is Cc1cccc(N(C)CC2CCCN2)c1. The van der Waals surface area contributed by atoms with Crippen molar-refractivity contribution in [2.24, 2.45) is 0 Å². The highest BCUT2D eigenvalue weighted by Crippen LogP contribution is 2.16. The van der Waals surface area contributed by atoms with E-state index in [9.17, 15) is 0 Å². The first kappa shape index (κ1) is 10.5. The molecule has 0 spiro atoms. The van der Waals surface area contributed by atoms with Crippen molar-refractivity contribution in [1.82, 2.24) is 5.32 Å². The lowest BCUT2D eigenvalue weighted by atomic mass is 10.2. The van der Waals surface area contributed by atoms with E-state index in [2.05, 4.69) is 48.5 Å². The van der Waals surface area contributed by atoms with Gasteiger partial charge in [-0.15, -0.1) is 0 Å². The van der Waals surface area contributed by atoms with E-state index >= 15 is 0 Å². The van der Waals surface area contributed by atoms with Crippen molar-refractivity contribution >= 4 is 5.69 Å². The van der Waals surface area contributed by atoms with Crippen molar-refractivity contribution in [1.29, 1.82) is 0 Å². The lowest BCUT2D eigenvalue weighted by Crippen LogP contribution is -2.35. The first-order valence-electron chi connectivity index (χ1n) is 5.77. The Hall–Kier alpha value is -1.02. The topological polar surface area (TPSA) is 15.3 Å². The Morgan fingerprint density at radius 2 is 2.33 bits per heavy atom. The zero-order valence-electron chi connectivity index (χ0n) is 9.66. The molecule has 1 fully saturated rings. The smallest absolute Gasteiger partial charge is 0.0366 e. The van der Waals surface area contributed by atoms with E-state index in [4.69, 9.17) is 0 Å². The molecule has 0 saturated carbocycles. The van der Waals surface area contributed by atoms with E-state index in [0.29, 0.717) is 6.04 Å². The fraction of sp³-hybridized carbons (Fsp3) is 0.538. The molecule has 0 amide bonds. The number of nitrogens with zero attached hydrogens (tertiary/aromatic N) is 1. The summed E-state index contributed by atoms with van der Waals surface area (Å²) >= 11 is 0. The van der Waals surface area contributed by atoms with Crippen LogP contribution in [0, 0.1) is 6.92 Å². The molecule has 1 N–H and O–H groups in total. The van der Waals surface area contributed by atoms with Crippen LogP contribution >= 0.6 is 0 Å². The maximum absolute atomic E-state index is 3.53. The predicted molar refractivity (Wildman–Crippen MR) is 65.5 cm³/mol. The van der Waals surface area contributed by atoms with E-state index < -0.39 is 0 Å². The second-order valence-corrected chi connectivity index (χ2v) is 4.51. The molecular formula is C13H20N2. The number of nitrogens with one attached hydrogen (secondary N) is 1. The summed E-state index contributed by atoms with van der Waals surface area (Å²) < 4.78 is 0. The van der Waals surface area contributed by atoms with Crippen molar-refractivity contribution in [2.75, 3.05) is 25.0 Å². The van der Waals surface area contributed by atoms with Gasteiger partial charge >= 0.3 is 0 Å². The molecular weight excluding hydrogens is 184 g/mol.